The van der Waals surface area contributed by atoms with Crippen molar-refractivity contribution in [2.75, 3.05) is 37.6 Å². The number of guanidine groups is 1. The number of nitrogens with zero attached hydrogens (tertiary/aromatic N) is 4. The highest BCUT2D eigenvalue weighted by molar-refractivity contribution is 7.13. The fourth-order valence-electron chi connectivity index (χ4n) is 2.93. The van der Waals surface area contributed by atoms with E-state index in [0.717, 1.165) is 43.5 Å². The molecule has 0 radical (unpaired) electrons. The van der Waals surface area contributed by atoms with Gasteiger partial charge in [-0.15, -0.1) is 11.3 Å². The second kappa shape index (κ2) is 8.89. The number of benzene rings is 1. The molecule has 0 amide bonds. The average Bonchev–Trinajstić information content (AvgIpc) is 3.20. The van der Waals surface area contributed by atoms with Crippen LogP contribution in [0.5, 0.6) is 5.75 Å². The third-order valence-electron chi connectivity index (χ3n) is 4.50. The van der Waals surface area contributed by atoms with Gasteiger partial charge in [0.15, 0.2) is 11.1 Å². The Bertz CT molecular complexity index is 710. The van der Waals surface area contributed by atoms with Crippen molar-refractivity contribution in [3.05, 3.63) is 41.4 Å². The maximum absolute atomic E-state index is 6.22. The van der Waals surface area contributed by atoms with E-state index in [2.05, 4.69) is 39.7 Å². The smallest absolute Gasteiger partial charge is 0.191 e. The number of nitrogens with two attached hydrogens (primary N) is 1. The number of rotatable bonds is 6. The summed E-state index contributed by atoms with van der Waals surface area (Å²) >= 11 is 1.68. The van der Waals surface area contributed by atoms with E-state index in [4.69, 9.17) is 10.5 Å². The summed E-state index contributed by atoms with van der Waals surface area (Å²) in [4.78, 5) is 13.4. The van der Waals surface area contributed by atoms with Gasteiger partial charge in [-0.3, -0.25) is 0 Å². The van der Waals surface area contributed by atoms with E-state index >= 15 is 0 Å². The fourth-order valence-corrected chi connectivity index (χ4v) is 3.62. The first-order valence-electron chi connectivity index (χ1n) is 9.08. The second-order valence-corrected chi connectivity index (χ2v) is 7.33. The van der Waals surface area contributed by atoms with Crippen LogP contribution in [0.3, 0.4) is 0 Å². The van der Waals surface area contributed by atoms with Crippen molar-refractivity contribution >= 4 is 22.4 Å². The number of aryl methyl sites for hydroxylation is 1. The molecule has 3 rings (SSSR count). The quantitative estimate of drug-likeness (QED) is 0.623. The molecule has 0 saturated carbocycles. The molecule has 7 heteroatoms. The molecular formula is C19H27N5OS. The third-order valence-corrected chi connectivity index (χ3v) is 5.33. The van der Waals surface area contributed by atoms with E-state index < -0.39 is 0 Å². The molecule has 2 heterocycles. The fraction of sp³-hybridized carbons (Fsp3) is 0.474. The summed E-state index contributed by atoms with van der Waals surface area (Å²) < 4.78 is 6.05. The molecule has 0 spiro atoms. The zero-order chi connectivity index (χ0) is 18.4. The minimum absolute atomic E-state index is 0.0342. The number of thiazole rings is 1. The summed E-state index contributed by atoms with van der Waals surface area (Å²) in [6.45, 7) is 8.31. The normalized spacial score (nSPS) is 16.6. The van der Waals surface area contributed by atoms with Crippen molar-refractivity contribution < 1.29 is 4.74 Å². The van der Waals surface area contributed by atoms with E-state index in [-0.39, 0.29) is 6.10 Å². The van der Waals surface area contributed by atoms with Gasteiger partial charge in [-0.25, -0.2) is 9.98 Å². The molecular weight excluding hydrogens is 346 g/mol. The standard InChI is InChI=1S/C19H27N5OS/c1-3-16(25-17-6-4-5-15(2)13-17)14-22-18(20)23-8-10-24(11-9-23)19-21-7-12-26-19/h4-7,12-13,16H,3,8-11,14H2,1-2H3,(H2,20,22). The lowest BCUT2D eigenvalue weighted by atomic mass is 10.2. The van der Waals surface area contributed by atoms with Crippen LogP contribution in [0.15, 0.2) is 40.8 Å². The van der Waals surface area contributed by atoms with Gasteiger partial charge in [0.05, 0.1) is 6.54 Å². The molecule has 2 aromatic rings. The molecule has 1 unspecified atom stereocenters. The van der Waals surface area contributed by atoms with Gasteiger partial charge >= 0.3 is 0 Å². The Morgan fingerprint density at radius 1 is 1.35 bits per heavy atom. The topological polar surface area (TPSA) is 67.0 Å². The molecule has 1 fully saturated rings. The average molecular weight is 374 g/mol. The molecule has 2 N–H and O–H groups in total. The van der Waals surface area contributed by atoms with E-state index in [0.29, 0.717) is 12.5 Å². The van der Waals surface area contributed by atoms with Crippen LogP contribution in [0.2, 0.25) is 0 Å². The summed E-state index contributed by atoms with van der Waals surface area (Å²) in [7, 11) is 0. The van der Waals surface area contributed by atoms with Gasteiger partial charge in [-0.05, 0) is 31.0 Å². The van der Waals surface area contributed by atoms with Crippen LogP contribution in [-0.4, -0.2) is 54.7 Å². The SMILES string of the molecule is CCC(CN=C(N)N1CCN(c2nccs2)CC1)Oc1cccc(C)c1. The summed E-state index contributed by atoms with van der Waals surface area (Å²) in [5, 5.41) is 3.09. The monoisotopic (exact) mass is 373 g/mol. The molecule has 1 aromatic heterocycles. The number of piperazine rings is 1. The summed E-state index contributed by atoms with van der Waals surface area (Å²) in [6, 6.07) is 8.11. The molecule has 1 aromatic carbocycles. The predicted octanol–water partition coefficient (Wildman–Crippen LogP) is 2.75. The molecule has 6 nitrogen and oxygen atoms in total. The predicted molar refractivity (Wildman–Crippen MR) is 108 cm³/mol. The number of aromatic nitrogens is 1. The van der Waals surface area contributed by atoms with E-state index in [1.165, 1.54) is 5.56 Å². The molecule has 0 aliphatic carbocycles. The summed E-state index contributed by atoms with van der Waals surface area (Å²) in [6.07, 6.45) is 2.77. The minimum Gasteiger partial charge on any atom is -0.489 e. The maximum atomic E-state index is 6.22. The highest BCUT2D eigenvalue weighted by Crippen LogP contribution is 2.19. The van der Waals surface area contributed by atoms with Crippen molar-refractivity contribution in [1.82, 2.24) is 9.88 Å². The molecule has 1 atom stereocenters. The first kappa shape index (κ1) is 18.5. The number of aliphatic imine (C=N–C) groups is 1. The molecule has 1 aliphatic heterocycles. The second-order valence-electron chi connectivity index (χ2n) is 6.45. The van der Waals surface area contributed by atoms with Gasteiger partial charge in [0, 0.05) is 37.8 Å². The van der Waals surface area contributed by atoms with Gasteiger partial charge in [0.2, 0.25) is 0 Å². The van der Waals surface area contributed by atoms with E-state index in [1.54, 1.807) is 11.3 Å². The minimum atomic E-state index is 0.0342. The van der Waals surface area contributed by atoms with Crippen LogP contribution in [0.4, 0.5) is 5.13 Å². The summed E-state index contributed by atoms with van der Waals surface area (Å²) in [5.41, 5.74) is 7.41. The molecule has 0 bridgehead atoms. The van der Waals surface area contributed by atoms with Crippen LogP contribution in [0, 0.1) is 6.92 Å². The highest BCUT2D eigenvalue weighted by Gasteiger charge is 2.20. The van der Waals surface area contributed by atoms with Crippen molar-refractivity contribution in [2.24, 2.45) is 10.7 Å². The molecule has 26 heavy (non-hydrogen) atoms. The lowest BCUT2D eigenvalue weighted by Gasteiger charge is -2.35. The van der Waals surface area contributed by atoms with E-state index in [1.807, 2.05) is 29.8 Å². The van der Waals surface area contributed by atoms with Crippen LogP contribution in [-0.2, 0) is 0 Å². The van der Waals surface area contributed by atoms with Gasteiger partial charge in [-0.2, -0.15) is 0 Å². The number of hydrogen-bond donors (Lipinski definition) is 1. The molecule has 1 aliphatic rings. The van der Waals surface area contributed by atoms with Gasteiger partial charge in [0.1, 0.15) is 11.9 Å². The van der Waals surface area contributed by atoms with Crippen molar-refractivity contribution in [3.63, 3.8) is 0 Å². The van der Waals surface area contributed by atoms with Gasteiger partial charge < -0.3 is 20.3 Å². The number of anilines is 1. The Morgan fingerprint density at radius 2 is 2.15 bits per heavy atom. The van der Waals surface area contributed by atoms with Crippen LogP contribution < -0.4 is 15.4 Å². The van der Waals surface area contributed by atoms with Gasteiger partial charge in [0.25, 0.3) is 0 Å². The van der Waals surface area contributed by atoms with Crippen LogP contribution in [0.25, 0.3) is 0 Å². The Hall–Kier alpha value is -2.28. The van der Waals surface area contributed by atoms with Crippen molar-refractivity contribution in [3.8, 4) is 5.75 Å². The number of ether oxygens (including phenoxy) is 1. The largest absolute Gasteiger partial charge is 0.489 e. The zero-order valence-corrected chi connectivity index (χ0v) is 16.3. The highest BCUT2D eigenvalue weighted by atomic mass is 32.1. The maximum Gasteiger partial charge on any atom is 0.191 e. The zero-order valence-electron chi connectivity index (χ0n) is 15.5. The van der Waals surface area contributed by atoms with Crippen LogP contribution in [0.1, 0.15) is 18.9 Å². The molecule has 140 valence electrons. The summed E-state index contributed by atoms with van der Waals surface area (Å²) in [5.74, 6) is 1.50. The molecule has 1 saturated heterocycles. The lowest BCUT2D eigenvalue weighted by Crippen LogP contribution is -2.51. The first-order valence-corrected chi connectivity index (χ1v) is 9.96. The first-order chi connectivity index (χ1) is 12.7. The van der Waals surface area contributed by atoms with E-state index in [9.17, 15) is 0 Å². The Balaban J connectivity index is 1.50. The Labute approximate surface area is 159 Å². The lowest BCUT2D eigenvalue weighted by molar-refractivity contribution is 0.205. The van der Waals surface area contributed by atoms with Crippen LogP contribution >= 0.6 is 11.3 Å². The number of hydrogen-bond acceptors (Lipinski definition) is 5. The van der Waals surface area contributed by atoms with Gasteiger partial charge in [-0.1, -0.05) is 19.1 Å². The Morgan fingerprint density at radius 3 is 2.81 bits per heavy atom. The Kier molecular flexibility index (Phi) is 6.33. The third kappa shape index (κ3) is 4.88. The van der Waals surface area contributed by atoms with Crippen molar-refractivity contribution in [2.45, 2.75) is 26.4 Å². The van der Waals surface area contributed by atoms with Crippen molar-refractivity contribution in [1.29, 1.82) is 0 Å².